The van der Waals surface area contributed by atoms with Crippen molar-refractivity contribution in [3.63, 3.8) is 0 Å². The van der Waals surface area contributed by atoms with E-state index in [4.69, 9.17) is 6.42 Å². The van der Waals surface area contributed by atoms with E-state index in [0.29, 0.717) is 28.4 Å². The highest BCUT2D eigenvalue weighted by atomic mass is 19.1. The van der Waals surface area contributed by atoms with Gasteiger partial charge in [0.15, 0.2) is 5.82 Å². The SMILES string of the molecule is C#Cc1c(F)ccc2cc(O)cc(-c3ncc4c(N5CC6CCC(C5)N6)cn(C5CC5)c4c3F)c12. The van der Waals surface area contributed by atoms with Gasteiger partial charge in [-0.1, -0.05) is 12.0 Å². The third-order valence-corrected chi connectivity index (χ3v) is 7.74. The first-order valence-electron chi connectivity index (χ1n) is 12.1. The van der Waals surface area contributed by atoms with Gasteiger partial charge in [0.1, 0.15) is 17.3 Å². The van der Waals surface area contributed by atoms with Crippen LogP contribution < -0.4 is 10.2 Å². The van der Waals surface area contributed by atoms with E-state index in [1.807, 2.05) is 4.57 Å². The van der Waals surface area contributed by atoms with E-state index >= 15 is 4.39 Å². The van der Waals surface area contributed by atoms with Gasteiger partial charge in [-0.15, -0.1) is 6.42 Å². The highest BCUT2D eigenvalue weighted by molar-refractivity contribution is 6.03. The number of hydrogen-bond acceptors (Lipinski definition) is 4. The lowest BCUT2D eigenvalue weighted by molar-refractivity contribution is 0.466. The molecule has 0 radical (unpaired) electrons. The average molecular weight is 471 g/mol. The van der Waals surface area contributed by atoms with Crippen molar-refractivity contribution in [1.29, 1.82) is 0 Å². The normalized spacial score (nSPS) is 21.7. The second-order valence-electron chi connectivity index (χ2n) is 10.0. The van der Waals surface area contributed by atoms with Crippen molar-refractivity contribution in [3.05, 3.63) is 53.9 Å². The van der Waals surface area contributed by atoms with Gasteiger partial charge in [-0.3, -0.25) is 4.98 Å². The number of pyridine rings is 1. The molecule has 1 saturated carbocycles. The maximum atomic E-state index is 16.4. The Bertz CT molecular complexity index is 1550. The minimum atomic E-state index is -0.564. The van der Waals surface area contributed by atoms with E-state index in [1.165, 1.54) is 24.3 Å². The summed E-state index contributed by atoms with van der Waals surface area (Å²) in [7, 11) is 0. The van der Waals surface area contributed by atoms with Crippen LogP contribution in [0.1, 0.15) is 37.3 Å². The van der Waals surface area contributed by atoms with E-state index in [1.54, 1.807) is 6.20 Å². The predicted molar refractivity (Wildman–Crippen MR) is 133 cm³/mol. The van der Waals surface area contributed by atoms with Crippen LogP contribution in [0.4, 0.5) is 14.5 Å². The van der Waals surface area contributed by atoms with Gasteiger partial charge in [0.05, 0.1) is 16.8 Å². The van der Waals surface area contributed by atoms with Gasteiger partial charge in [-0.05, 0) is 49.3 Å². The van der Waals surface area contributed by atoms with Crippen molar-refractivity contribution in [2.75, 3.05) is 18.0 Å². The third-order valence-electron chi connectivity index (χ3n) is 7.74. The lowest BCUT2D eigenvalue weighted by atomic mass is 9.96. The Balaban J connectivity index is 1.46. The largest absolute Gasteiger partial charge is 0.508 e. The van der Waals surface area contributed by atoms with E-state index < -0.39 is 11.6 Å². The smallest absolute Gasteiger partial charge is 0.173 e. The molecule has 2 N–H and O–H groups in total. The molecule has 2 aliphatic heterocycles. The molecule has 1 aliphatic carbocycles. The first-order valence-corrected chi connectivity index (χ1v) is 12.1. The molecule has 3 fully saturated rings. The van der Waals surface area contributed by atoms with E-state index in [0.717, 1.165) is 49.8 Å². The Morgan fingerprint density at radius 2 is 1.86 bits per heavy atom. The van der Waals surface area contributed by atoms with E-state index in [2.05, 4.69) is 27.3 Å². The van der Waals surface area contributed by atoms with Gasteiger partial charge in [-0.2, -0.15) is 0 Å². The van der Waals surface area contributed by atoms with Crippen LogP contribution >= 0.6 is 0 Å². The number of piperazine rings is 1. The van der Waals surface area contributed by atoms with Crippen LogP contribution in [-0.4, -0.2) is 39.8 Å². The number of benzene rings is 2. The summed E-state index contributed by atoms with van der Waals surface area (Å²) in [6.45, 7) is 1.79. The van der Waals surface area contributed by atoms with E-state index in [-0.39, 0.29) is 28.6 Å². The molecular weight excluding hydrogens is 446 g/mol. The van der Waals surface area contributed by atoms with Crippen LogP contribution in [0.5, 0.6) is 5.75 Å². The topological polar surface area (TPSA) is 53.3 Å². The predicted octanol–water partition coefficient (Wildman–Crippen LogP) is 5.10. The number of rotatable bonds is 3. The molecule has 0 amide bonds. The fourth-order valence-electron chi connectivity index (χ4n) is 6.01. The molecule has 176 valence electrons. The molecule has 35 heavy (non-hydrogen) atoms. The third kappa shape index (κ3) is 3.13. The van der Waals surface area contributed by atoms with Crippen molar-refractivity contribution in [2.45, 2.75) is 43.8 Å². The average Bonchev–Trinajstić information content (AvgIpc) is 3.54. The van der Waals surface area contributed by atoms with Crippen molar-refractivity contribution in [1.82, 2.24) is 14.9 Å². The van der Waals surface area contributed by atoms with Crippen molar-refractivity contribution >= 4 is 27.4 Å². The number of terminal acetylenes is 1. The number of phenolic OH excluding ortho intramolecular Hbond substituents is 1. The Labute approximate surface area is 201 Å². The molecular formula is C28H24F2N4O. The number of aromatic hydroxyl groups is 1. The summed E-state index contributed by atoms with van der Waals surface area (Å²) in [6, 6.07) is 6.89. The monoisotopic (exact) mass is 470 g/mol. The number of nitrogens with one attached hydrogen (secondary N) is 1. The Morgan fingerprint density at radius 3 is 2.57 bits per heavy atom. The number of nitrogens with zero attached hydrogens (tertiary/aromatic N) is 3. The van der Waals surface area contributed by atoms with Crippen LogP contribution in [0.3, 0.4) is 0 Å². The summed E-state index contributed by atoms with van der Waals surface area (Å²) in [5.41, 5.74) is 1.91. The molecule has 2 bridgehead atoms. The standard InChI is InChI=1S/C28H24F2N4O/c1-2-20-23(29)8-3-15-9-19(35)10-21(25(15)20)27-26(30)28-22(11-31-27)24(14-34(28)18-6-7-18)33-12-16-4-5-17(13-33)32-16/h1,3,8-11,14,16-18,32,35H,4-7,12-13H2. The summed E-state index contributed by atoms with van der Waals surface area (Å²) in [6.07, 6.45) is 13.8. The zero-order valence-corrected chi connectivity index (χ0v) is 19.1. The zero-order valence-electron chi connectivity index (χ0n) is 19.1. The summed E-state index contributed by atoms with van der Waals surface area (Å²) in [5.74, 6) is 1.30. The van der Waals surface area contributed by atoms with Gasteiger partial charge in [-0.25, -0.2) is 8.78 Å². The van der Waals surface area contributed by atoms with Crippen molar-refractivity contribution in [2.24, 2.45) is 0 Å². The van der Waals surface area contributed by atoms with Crippen LogP contribution in [0, 0.1) is 24.0 Å². The number of hydrogen-bond donors (Lipinski definition) is 2. The van der Waals surface area contributed by atoms with Crippen LogP contribution in [-0.2, 0) is 0 Å². The molecule has 2 unspecified atom stereocenters. The van der Waals surface area contributed by atoms with Crippen molar-refractivity contribution < 1.29 is 13.9 Å². The fourth-order valence-corrected chi connectivity index (χ4v) is 6.01. The highest BCUT2D eigenvalue weighted by Crippen LogP contribution is 2.45. The summed E-state index contributed by atoms with van der Waals surface area (Å²) >= 11 is 0. The molecule has 4 aromatic rings. The van der Waals surface area contributed by atoms with Crippen LogP contribution in [0.25, 0.3) is 32.9 Å². The van der Waals surface area contributed by atoms with Gasteiger partial charge < -0.3 is 19.9 Å². The summed E-state index contributed by atoms with van der Waals surface area (Å²) in [5, 5.41) is 15.7. The molecule has 3 aliphatic rings. The lowest BCUT2D eigenvalue weighted by Crippen LogP contribution is -2.51. The maximum Gasteiger partial charge on any atom is 0.173 e. The molecule has 0 spiro atoms. The Hall–Kier alpha value is -3.63. The molecule has 2 aromatic carbocycles. The number of halogens is 2. The second-order valence-corrected chi connectivity index (χ2v) is 10.0. The van der Waals surface area contributed by atoms with Gasteiger partial charge in [0.25, 0.3) is 0 Å². The first-order chi connectivity index (χ1) is 17.0. The summed E-state index contributed by atoms with van der Waals surface area (Å²) in [4.78, 5) is 6.90. The number of phenols is 1. The van der Waals surface area contributed by atoms with E-state index in [9.17, 15) is 9.50 Å². The second kappa shape index (κ2) is 7.43. The Morgan fingerprint density at radius 1 is 1.09 bits per heavy atom. The molecule has 7 heteroatoms. The molecule has 5 nitrogen and oxygen atoms in total. The first kappa shape index (κ1) is 20.7. The quantitative estimate of drug-likeness (QED) is 0.409. The number of aromatic nitrogens is 2. The fraction of sp³-hybridized carbons (Fsp3) is 0.321. The van der Waals surface area contributed by atoms with Gasteiger partial charge in [0.2, 0.25) is 0 Å². The number of anilines is 1. The zero-order chi connectivity index (χ0) is 23.8. The molecule has 2 atom stereocenters. The van der Waals surface area contributed by atoms with Crippen LogP contribution in [0.15, 0.2) is 36.7 Å². The number of fused-ring (bicyclic) bond motifs is 4. The minimum absolute atomic E-state index is 0.0355. The Kier molecular flexibility index (Phi) is 4.40. The van der Waals surface area contributed by atoms with Crippen LogP contribution in [0.2, 0.25) is 0 Å². The maximum absolute atomic E-state index is 16.4. The molecule has 2 aromatic heterocycles. The lowest BCUT2D eigenvalue weighted by Gasteiger charge is -2.34. The molecule has 2 saturated heterocycles. The van der Waals surface area contributed by atoms with Crippen molar-refractivity contribution in [3.8, 4) is 29.4 Å². The minimum Gasteiger partial charge on any atom is -0.508 e. The van der Waals surface area contributed by atoms with Gasteiger partial charge in [0, 0.05) is 59.9 Å². The van der Waals surface area contributed by atoms with Gasteiger partial charge >= 0.3 is 0 Å². The highest BCUT2D eigenvalue weighted by Gasteiger charge is 2.35. The molecule has 4 heterocycles. The molecule has 7 rings (SSSR count). The summed E-state index contributed by atoms with van der Waals surface area (Å²) < 4.78 is 33.0.